The van der Waals surface area contributed by atoms with Gasteiger partial charge in [-0.1, -0.05) is 6.92 Å². The van der Waals surface area contributed by atoms with E-state index in [1.54, 1.807) is 0 Å². The third-order valence-electron chi connectivity index (χ3n) is 4.01. The van der Waals surface area contributed by atoms with E-state index in [1.165, 1.54) is 0 Å². The van der Waals surface area contributed by atoms with Gasteiger partial charge in [-0.2, -0.15) is 0 Å². The van der Waals surface area contributed by atoms with E-state index in [0.29, 0.717) is 19.6 Å². The van der Waals surface area contributed by atoms with Crippen molar-refractivity contribution in [2.45, 2.75) is 70.4 Å². The Labute approximate surface area is 119 Å². The zero-order valence-corrected chi connectivity index (χ0v) is 12.4. The molecule has 5 atom stereocenters. The van der Waals surface area contributed by atoms with Gasteiger partial charge < -0.3 is 29.5 Å². The van der Waals surface area contributed by atoms with Crippen LogP contribution < -0.4 is 0 Å². The zero-order valence-electron chi connectivity index (χ0n) is 12.4. The van der Waals surface area contributed by atoms with Gasteiger partial charge in [-0.05, 0) is 26.7 Å². The van der Waals surface area contributed by atoms with Crippen molar-refractivity contribution in [3.63, 3.8) is 0 Å². The Balaban J connectivity index is 1.92. The van der Waals surface area contributed by atoms with Gasteiger partial charge in [0.1, 0.15) is 18.3 Å². The average Bonchev–Trinajstić information content (AvgIpc) is 2.35. The molecule has 6 heteroatoms. The first-order valence-corrected chi connectivity index (χ1v) is 7.25. The van der Waals surface area contributed by atoms with Crippen LogP contribution in [0.1, 0.15) is 33.6 Å². The van der Waals surface area contributed by atoms with Gasteiger partial charge in [0.2, 0.25) is 0 Å². The number of hydrogen-bond donors (Lipinski definition) is 3. The maximum absolute atomic E-state index is 10.0. The highest BCUT2D eigenvalue weighted by Gasteiger charge is 2.45. The van der Waals surface area contributed by atoms with E-state index in [0.717, 1.165) is 6.42 Å². The van der Waals surface area contributed by atoms with Crippen molar-refractivity contribution in [2.24, 2.45) is 5.41 Å². The van der Waals surface area contributed by atoms with E-state index in [9.17, 15) is 15.3 Å². The number of aliphatic hydroxyl groups is 3. The molecular weight excluding hydrogens is 264 g/mol. The lowest BCUT2D eigenvalue weighted by atomic mass is 9.81. The quantitative estimate of drug-likeness (QED) is 0.662. The third kappa shape index (κ3) is 3.50. The minimum absolute atomic E-state index is 0.124. The van der Waals surface area contributed by atoms with Crippen molar-refractivity contribution in [3.05, 3.63) is 0 Å². The van der Waals surface area contributed by atoms with Crippen LogP contribution >= 0.6 is 0 Å². The molecule has 0 unspecified atom stereocenters. The molecule has 0 aromatic rings. The Hall–Kier alpha value is -0.240. The van der Waals surface area contributed by atoms with Gasteiger partial charge in [-0.3, -0.25) is 0 Å². The van der Waals surface area contributed by atoms with Crippen molar-refractivity contribution in [1.82, 2.24) is 0 Å². The minimum atomic E-state index is -1.25. The fraction of sp³-hybridized carbons (Fsp3) is 1.00. The van der Waals surface area contributed by atoms with Crippen LogP contribution in [0.15, 0.2) is 0 Å². The van der Waals surface area contributed by atoms with Crippen molar-refractivity contribution in [3.8, 4) is 0 Å². The monoisotopic (exact) mass is 290 g/mol. The first-order valence-electron chi connectivity index (χ1n) is 7.25. The van der Waals surface area contributed by atoms with Crippen LogP contribution in [0.5, 0.6) is 0 Å². The lowest BCUT2D eigenvalue weighted by Gasteiger charge is -2.43. The molecule has 2 aliphatic heterocycles. The summed E-state index contributed by atoms with van der Waals surface area (Å²) in [6.45, 7) is 7.21. The molecule has 0 saturated carbocycles. The highest BCUT2D eigenvalue weighted by atomic mass is 16.7. The van der Waals surface area contributed by atoms with Crippen LogP contribution in [0.2, 0.25) is 0 Å². The van der Waals surface area contributed by atoms with Crippen LogP contribution in [0.3, 0.4) is 0 Å². The van der Waals surface area contributed by atoms with Crippen molar-refractivity contribution < 1.29 is 29.5 Å². The SMILES string of the molecule is CC(C)O[C@H]1O[C@H](CCC2(C)COC2)[C@@H](O)[C@H](O)[C@@H]1O. The van der Waals surface area contributed by atoms with Crippen LogP contribution in [0, 0.1) is 5.41 Å². The van der Waals surface area contributed by atoms with E-state index in [2.05, 4.69) is 6.92 Å². The lowest BCUT2D eigenvalue weighted by molar-refractivity contribution is -0.306. The first kappa shape index (κ1) is 16.1. The predicted molar refractivity (Wildman–Crippen MR) is 71.1 cm³/mol. The number of rotatable bonds is 5. The molecule has 2 saturated heterocycles. The van der Waals surface area contributed by atoms with Crippen molar-refractivity contribution in [1.29, 1.82) is 0 Å². The molecular formula is C14H26O6. The largest absolute Gasteiger partial charge is 0.388 e. The normalized spacial score (nSPS) is 40.6. The Bertz CT molecular complexity index is 317. The van der Waals surface area contributed by atoms with Crippen LogP contribution in [-0.2, 0) is 14.2 Å². The van der Waals surface area contributed by atoms with Crippen LogP contribution in [0.4, 0.5) is 0 Å². The maximum atomic E-state index is 10.0. The maximum Gasteiger partial charge on any atom is 0.186 e. The summed E-state index contributed by atoms with van der Waals surface area (Å²) in [6.07, 6.45) is -3.70. The summed E-state index contributed by atoms with van der Waals surface area (Å²) in [4.78, 5) is 0. The van der Waals surface area contributed by atoms with Gasteiger partial charge in [0, 0.05) is 5.41 Å². The second-order valence-electron chi connectivity index (χ2n) is 6.54. The van der Waals surface area contributed by atoms with E-state index in [4.69, 9.17) is 14.2 Å². The molecule has 0 bridgehead atoms. The molecule has 20 heavy (non-hydrogen) atoms. The van der Waals surface area contributed by atoms with Gasteiger partial charge >= 0.3 is 0 Å². The van der Waals surface area contributed by atoms with Crippen LogP contribution in [0.25, 0.3) is 0 Å². The Morgan fingerprint density at radius 3 is 2.30 bits per heavy atom. The molecule has 118 valence electrons. The fourth-order valence-electron chi connectivity index (χ4n) is 2.62. The van der Waals surface area contributed by atoms with E-state index >= 15 is 0 Å². The topological polar surface area (TPSA) is 88.4 Å². The summed E-state index contributed by atoms with van der Waals surface area (Å²) < 4.78 is 16.3. The summed E-state index contributed by atoms with van der Waals surface area (Å²) in [5, 5.41) is 29.8. The van der Waals surface area contributed by atoms with E-state index < -0.39 is 30.7 Å². The molecule has 2 fully saturated rings. The van der Waals surface area contributed by atoms with Gasteiger partial charge in [0.15, 0.2) is 6.29 Å². The Kier molecular flexibility index (Phi) is 5.05. The summed E-state index contributed by atoms with van der Waals surface area (Å²) in [5.74, 6) is 0. The molecule has 0 aromatic carbocycles. The second-order valence-corrected chi connectivity index (χ2v) is 6.54. The lowest BCUT2D eigenvalue weighted by Crippen LogP contribution is -2.58. The van der Waals surface area contributed by atoms with Gasteiger partial charge in [-0.15, -0.1) is 0 Å². The molecule has 2 rings (SSSR count). The Morgan fingerprint density at radius 1 is 1.15 bits per heavy atom. The molecule has 6 nitrogen and oxygen atoms in total. The number of ether oxygens (including phenoxy) is 3. The second kappa shape index (κ2) is 6.25. The van der Waals surface area contributed by atoms with Crippen LogP contribution in [-0.4, -0.2) is 65.3 Å². The average molecular weight is 290 g/mol. The highest BCUT2D eigenvalue weighted by Crippen LogP contribution is 2.35. The zero-order chi connectivity index (χ0) is 14.9. The molecule has 2 aliphatic rings. The first-order chi connectivity index (χ1) is 9.32. The molecule has 0 spiro atoms. The molecule has 2 heterocycles. The fourth-order valence-corrected chi connectivity index (χ4v) is 2.62. The Morgan fingerprint density at radius 2 is 1.80 bits per heavy atom. The van der Waals surface area contributed by atoms with Crippen molar-refractivity contribution >= 4 is 0 Å². The number of hydrogen-bond acceptors (Lipinski definition) is 6. The summed E-state index contributed by atoms with van der Waals surface area (Å²) >= 11 is 0. The summed E-state index contributed by atoms with van der Waals surface area (Å²) in [5.41, 5.74) is 0.124. The summed E-state index contributed by atoms with van der Waals surface area (Å²) in [6, 6.07) is 0. The molecule has 0 aromatic heterocycles. The molecule has 0 aliphatic carbocycles. The standard InChI is InChI=1S/C14H26O6/c1-8(2)19-13-12(17)11(16)10(15)9(20-13)4-5-14(3)6-18-7-14/h8-13,15-17H,4-7H2,1-3H3/t9-,10-,11+,12+,13+/m1/s1. The van der Waals surface area contributed by atoms with Crippen molar-refractivity contribution in [2.75, 3.05) is 13.2 Å². The highest BCUT2D eigenvalue weighted by molar-refractivity contribution is 4.91. The van der Waals surface area contributed by atoms with Gasteiger partial charge in [0.05, 0.1) is 25.4 Å². The molecule has 3 N–H and O–H groups in total. The molecule has 0 radical (unpaired) electrons. The number of aliphatic hydroxyl groups excluding tert-OH is 3. The minimum Gasteiger partial charge on any atom is -0.388 e. The van der Waals surface area contributed by atoms with E-state index in [1.807, 2.05) is 13.8 Å². The van der Waals surface area contributed by atoms with E-state index in [-0.39, 0.29) is 11.5 Å². The summed E-state index contributed by atoms with van der Waals surface area (Å²) in [7, 11) is 0. The molecule has 0 amide bonds. The third-order valence-corrected chi connectivity index (χ3v) is 4.01. The predicted octanol–water partition coefficient (Wildman–Crippen LogP) is 0.0357. The van der Waals surface area contributed by atoms with Gasteiger partial charge in [0.25, 0.3) is 0 Å². The van der Waals surface area contributed by atoms with Gasteiger partial charge in [-0.25, -0.2) is 0 Å². The smallest absolute Gasteiger partial charge is 0.186 e.